The Bertz CT molecular complexity index is 629. The lowest BCUT2D eigenvalue weighted by Gasteiger charge is -2.12. The molecule has 108 valence electrons. The van der Waals surface area contributed by atoms with Gasteiger partial charge in [0, 0.05) is 12.0 Å². The van der Waals surface area contributed by atoms with Crippen LogP contribution in [-0.4, -0.2) is 23.7 Å². The predicted octanol–water partition coefficient (Wildman–Crippen LogP) is 2.05. The maximum Gasteiger partial charge on any atom is 0.224 e. The van der Waals surface area contributed by atoms with Crippen LogP contribution in [-0.2, 0) is 17.6 Å². The van der Waals surface area contributed by atoms with Crippen molar-refractivity contribution in [3.8, 4) is 11.5 Å². The lowest BCUT2D eigenvalue weighted by atomic mass is 10.1. The van der Waals surface area contributed by atoms with E-state index in [0.717, 1.165) is 12.2 Å². The van der Waals surface area contributed by atoms with Crippen molar-refractivity contribution in [3.63, 3.8) is 0 Å². The van der Waals surface area contributed by atoms with Gasteiger partial charge < -0.3 is 15.2 Å². The minimum atomic E-state index is -0.115. The van der Waals surface area contributed by atoms with Crippen LogP contribution in [0.25, 0.3) is 0 Å². The molecule has 0 fully saturated rings. The molecule has 1 heterocycles. The molecular formula is C17H17NO3. The third-order valence-electron chi connectivity index (χ3n) is 3.58. The number of phenols is 1. The molecule has 1 atom stereocenters. The molecule has 0 aromatic heterocycles. The topological polar surface area (TPSA) is 58.6 Å². The van der Waals surface area contributed by atoms with Crippen molar-refractivity contribution >= 4 is 5.91 Å². The number of benzene rings is 2. The number of phenolic OH excluding ortho intramolecular Hbond substituents is 1. The Kier molecular flexibility index (Phi) is 3.77. The van der Waals surface area contributed by atoms with Gasteiger partial charge in [-0.25, -0.2) is 0 Å². The zero-order chi connectivity index (χ0) is 14.7. The number of rotatable bonds is 4. The summed E-state index contributed by atoms with van der Waals surface area (Å²) in [6, 6.07) is 14.8. The summed E-state index contributed by atoms with van der Waals surface area (Å²) in [5.41, 5.74) is 1.81. The third-order valence-corrected chi connectivity index (χ3v) is 3.58. The summed E-state index contributed by atoms with van der Waals surface area (Å²) in [5.74, 6) is 0.936. The van der Waals surface area contributed by atoms with E-state index >= 15 is 0 Å². The standard InChI is InChI=1S/C17H17NO3/c19-15-7-3-1-5-12(15)10-17(20)18-11-14-9-13-6-2-4-8-16(13)21-14/h1-8,14,19H,9-11H2,(H,18,20). The second kappa shape index (κ2) is 5.87. The summed E-state index contributed by atoms with van der Waals surface area (Å²) in [6.07, 6.45) is 0.968. The van der Waals surface area contributed by atoms with Gasteiger partial charge in [0.1, 0.15) is 17.6 Å². The molecule has 21 heavy (non-hydrogen) atoms. The predicted molar refractivity (Wildman–Crippen MR) is 79.4 cm³/mol. The Morgan fingerprint density at radius 1 is 1.19 bits per heavy atom. The Hall–Kier alpha value is -2.49. The molecule has 0 radical (unpaired) electrons. The average Bonchev–Trinajstić information content (AvgIpc) is 2.90. The molecule has 1 aliphatic heterocycles. The van der Waals surface area contributed by atoms with Crippen molar-refractivity contribution < 1.29 is 14.6 Å². The first-order valence-corrected chi connectivity index (χ1v) is 7.00. The highest BCUT2D eigenvalue weighted by atomic mass is 16.5. The maximum atomic E-state index is 11.9. The summed E-state index contributed by atoms with van der Waals surface area (Å²) < 4.78 is 5.77. The highest BCUT2D eigenvalue weighted by molar-refractivity contribution is 5.79. The third kappa shape index (κ3) is 3.16. The number of ether oxygens (including phenoxy) is 1. The van der Waals surface area contributed by atoms with Gasteiger partial charge in [-0.05, 0) is 17.7 Å². The number of aromatic hydroxyl groups is 1. The van der Waals surface area contributed by atoms with Crippen molar-refractivity contribution in [2.45, 2.75) is 18.9 Å². The molecule has 0 saturated heterocycles. The quantitative estimate of drug-likeness (QED) is 0.903. The Labute approximate surface area is 123 Å². The number of para-hydroxylation sites is 2. The molecule has 0 bridgehead atoms. The summed E-state index contributed by atoms with van der Waals surface area (Å²) >= 11 is 0. The first-order valence-electron chi connectivity index (χ1n) is 7.00. The van der Waals surface area contributed by atoms with Crippen LogP contribution in [0.3, 0.4) is 0 Å². The Balaban J connectivity index is 1.50. The lowest BCUT2D eigenvalue weighted by molar-refractivity contribution is -0.120. The minimum Gasteiger partial charge on any atom is -0.508 e. The van der Waals surface area contributed by atoms with Gasteiger partial charge in [-0.2, -0.15) is 0 Å². The van der Waals surface area contributed by atoms with Gasteiger partial charge in [-0.15, -0.1) is 0 Å². The molecule has 1 amide bonds. The number of amides is 1. The van der Waals surface area contributed by atoms with Crippen LogP contribution in [0, 0.1) is 0 Å². The van der Waals surface area contributed by atoms with Gasteiger partial charge in [0.05, 0.1) is 13.0 Å². The fraction of sp³-hybridized carbons (Fsp3) is 0.235. The van der Waals surface area contributed by atoms with Crippen molar-refractivity contribution in [3.05, 3.63) is 59.7 Å². The second-order valence-corrected chi connectivity index (χ2v) is 5.16. The molecule has 2 aromatic rings. The minimum absolute atomic E-state index is 0.0179. The largest absolute Gasteiger partial charge is 0.508 e. The molecule has 1 unspecified atom stereocenters. The van der Waals surface area contributed by atoms with Crippen molar-refractivity contribution in [2.24, 2.45) is 0 Å². The Morgan fingerprint density at radius 2 is 1.95 bits per heavy atom. The molecule has 0 saturated carbocycles. The number of hydrogen-bond acceptors (Lipinski definition) is 3. The smallest absolute Gasteiger partial charge is 0.224 e. The summed E-state index contributed by atoms with van der Waals surface area (Å²) in [7, 11) is 0. The van der Waals surface area contributed by atoms with E-state index < -0.39 is 0 Å². The molecule has 2 aromatic carbocycles. The first kappa shape index (κ1) is 13.5. The fourth-order valence-electron chi connectivity index (χ4n) is 2.49. The maximum absolute atomic E-state index is 11.9. The molecule has 0 aliphatic carbocycles. The molecule has 3 rings (SSSR count). The monoisotopic (exact) mass is 283 g/mol. The van der Waals surface area contributed by atoms with E-state index in [1.165, 1.54) is 5.56 Å². The molecule has 4 nitrogen and oxygen atoms in total. The molecule has 2 N–H and O–H groups in total. The van der Waals surface area contributed by atoms with Gasteiger partial charge in [-0.1, -0.05) is 36.4 Å². The van der Waals surface area contributed by atoms with Crippen molar-refractivity contribution in [1.82, 2.24) is 5.32 Å². The number of nitrogens with one attached hydrogen (secondary N) is 1. The van der Waals surface area contributed by atoms with E-state index in [1.807, 2.05) is 24.3 Å². The zero-order valence-corrected chi connectivity index (χ0v) is 11.6. The number of carbonyl (C=O) groups excluding carboxylic acids is 1. The van der Waals surface area contributed by atoms with E-state index in [4.69, 9.17) is 4.74 Å². The van der Waals surface area contributed by atoms with Crippen LogP contribution in [0.1, 0.15) is 11.1 Å². The van der Waals surface area contributed by atoms with Gasteiger partial charge in [0.25, 0.3) is 0 Å². The van der Waals surface area contributed by atoms with Gasteiger partial charge >= 0.3 is 0 Å². The Morgan fingerprint density at radius 3 is 2.76 bits per heavy atom. The second-order valence-electron chi connectivity index (χ2n) is 5.16. The van der Waals surface area contributed by atoms with E-state index in [9.17, 15) is 9.90 Å². The average molecular weight is 283 g/mol. The number of carbonyl (C=O) groups is 1. The van der Waals surface area contributed by atoms with Gasteiger partial charge in [-0.3, -0.25) is 4.79 Å². The van der Waals surface area contributed by atoms with Crippen LogP contribution >= 0.6 is 0 Å². The molecular weight excluding hydrogens is 266 g/mol. The number of hydrogen-bond donors (Lipinski definition) is 2. The molecule has 1 aliphatic rings. The van der Waals surface area contributed by atoms with E-state index in [2.05, 4.69) is 5.32 Å². The van der Waals surface area contributed by atoms with Crippen molar-refractivity contribution in [2.75, 3.05) is 6.54 Å². The van der Waals surface area contributed by atoms with E-state index in [-0.39, 0.29) is 24.2 Å². The molecule has 0 spiro atoms. The van der Waals surface area contributed by atoms with Crippen LogP contribution in [0.5, 0.6) is 11.5 Å². The highest BCUT2D eigenvalue weighted by Crippen LogP contribution is 2.27. The fourth-order valence-corrected chi connectivity index (χ4v) is 2.49. The first-order chi connectivity index (χ1) is 10.2. The van der Waals surface area contributed by atoms with Crippen LogP contribution in [0.15, 0.2) is 48.5 Å². The van der Waals surface area contributed by atoms with Crippen LogP contribution in [0.4, 0.5) is 0 Å². The van der Waals surface area contributed by atoms with Gasteiger partial charge in [0.2, 0.25) is 5.91 Å². The lowest BCUT2D eigenvalue weighted by Crippen LogP contribution is -2.35. The normalized spacial score (nSPS) is 16.1. The van der Waals surface area contributed by atoms with Crippen LogP contribution in [0.2, 0.25) is 0 Å². The van der Waals surface area contributed by atoms with E-state index in [1.54, 1.807) is 24.3 Å². The van der Waals surface area contributed by atoms with Crippen LogP contribution < -0.4 is 10.1 Å². The summed E-state index contributed by atoms with van der Waals surface area (Å²) in [4.78, 5) is 11.9. The summed E-state index contributed by atoms with van der Waals surface area (Å²) in [6.45, 7) is 0.473. The van der Waals surface area contributed by atoms with Crippen molar-refractivity contribution in [1.29, 1.82) is 0 Å². The SMILES string of the molecule is O=C(Cc1ccccc1O)NCC1Cc2ccccc2O1. The zero-order valence-electron chi connectivity index (χ0n) is 11.6. The van der Waals surface area contributed by atoms with E-state index in [0.29, 0.717) is 12.1 Å². The molecule has 4 heteroatoms. The highest BCUT2D eigenvalue weighted by Gasteiger charge is 2.22. The number of fused-ring (bicyclic) bond motifs is 1. The van der Waals surface area contributed by atoms with Gasteiger partial charge in [0.15, 0.2) is 0 Å². The summed E-state index contributed by atoms with van der Waals surface area (Å²) in [5, 5.41) is 12.5.